The van der Waals surface area contributed by atoms with Gasteiger partial charge in [-0.15, -0.1) is 0 Å². The average molecular weight is 304 g/mol. The third-order valence-electron chi connectivity index (χ3n) is 4.43. The second-order valence-corrected chi connectivity index (χ2v) is 5.92. The first-order chi connectivity index (χ1) is 10.7. The molecule has 1 saturated heterocycles. The van der Waals surface area contributed by atoms with Gasteiger partial charge in [0.1, 0.15) is 6.10 Å². The fourth-order valence-corrected chi connectivity index (χ4v) is 3.08. The number of ether oxygens (including phenoxy) is 2. The SMILES string of the molecule is CCN1CCCN(C(=O)[C@H]2Oc3ccccc3O[C@@H]2C)CC1. The van der Waals surface area contributed by atoms with Crippen molar-refractivity contribution in [1.29, 1.82) is 0 Å². The van der Waals surface area contributed by atoms with E-state index in [-0.39, 0.29) is 12.0 Å². The molecule has 0 aromatic heterocycles. The Hall–Kier alpha value is -1.75. The van der Waals surface area contributed by atoms with Crippen LogP contribution in [0.5, 0.6) is 11.5 Å². The van der Waals surface area contributed by atoms with Gasteiger partial charge in [0.25, 0.3) is 5.91 Å². The predicted molar refractivity (Wildman–Crippen MR) is 84.3 cm³/mol. The van der Waals surface area contributed by atoms with Crippen LogP contribution in [0.3, 0.4) is 0 Å². The lowest BCUT2D eigenvalue weighted by atomic mass is 10.1. The highest BCUT2D eigenvalue weighted by Gasteiger charge is 2.37. The van der Waals surface area contributed by atoms with Crippen molar-refractivity contribution in [2.75, 3.05) is 32.7 Å². The molecule has 3 rings (SSSR count). The van der Waals surface area contributed by atoms with E-state index in [4.69, 9.17) is 9.47 Å². The fourth-order valence-electron chi connectivity index (χ4n) is 3.08. The molecule has 2 heterocycles. The largest absolute Gasteiger partial charge is 0.482 e. The minimum atomic E-state index is -0.553. The van der Waals surface area contributed by atoms with Crippen molar-refractivity contribution >= 4 is 5.91 Å². The lowest BCUT2D eigenvalue weighted by Crippen LogP contribution is -2.51. The maximum Gasteiger partial charge on any atom is 0.267 e. The first-order valence-corrected chi connectivity index (χ1v) is 8.12. The summed E-state index contributed by atoms with van der Waals surface area (Å²) in [6.07, 6.45) is 0.189. The minimum absolute atomic E-state index is 0.0416. The van der Waals surface area contributed by atoms with Crippen molar-refractivity contribution in [2.24, 2.45) is 0 Å². The van der Waals surface area contributed by atoms with Crippen LogP contribution in [0.2, 0.25) is 0 Å². The summed E-state index contributed by atoms with van der Waals surface area (Å²) in [7, 11) is 0. The molecule has 1 aromatic rings. The molecule has 120 valence electrons. The lowest BCUT2D eigenvalue weighted by molar-refractivity contribution is -0.144. The van der Waals surface area contributed by atoms with Crippen molar-refractivity contribution in [3.63, 3.8) is 0 Å². The van der Waals surface area contributed by atoms with E-state index in [1.807, 2.05) is 36.1 Å². The maximum absolute atomic E-state index is 12.8. The van der Waals surface area contributed by atoms with Gasteiger partial charge in [-0.1, -0.05) is 19.1 Å². The lowest BCUT2D eigenvalue weighted by Gasteiger charge is -2.34. The molecular formula is C17H24N2O3. The summed E-state index contributed by atoms with van der Waals surface area (Å²) < 4.78 is 11.8. The Kier molecular flexibility index (Phi) is 4.52. The van der Waals surface area contributed by atoms with Gasteiger partial charge in [0.2, 0.25) is 6.10 Å². The van der Waals surface area contributed by atoms with E-state index in [0.717, 1.165) is 39.1 Å². The molecule has 0 spiro atoms. The van der Waals surface area contributed by atoms with Crippen LogP contribution in [0.15, 0.2) is 24.3 Å². The highest BCUT2D eigenvalue weighted by molar-refractivity contribution is 5.82. The van der Waals surface area contributed by atoms with Crippen LogP contribution in [-0.2, 0) is 4.79 Å². The number of amides is 1. The molecule has 2 atom stereocenters. The number of carbonyl (C=O) groups is 1. The molecule has 1 aromatic carbocycles. The highest BCUT2D eigenvalue weighted by atomic mass is 16.6. The first-order valence-electron chi connectivity index (χ1n) is 8.12. The number of benzene rings is 1. The minimum Gasteiger partial charge on any atom is -0.482 e. The Balaban J connectivity index is 1.70. The number of nitrogens with zero attached hydrogens (tertiary/aromatic N) is 2. The topological polar surface area (TPSA) is 42.0 Å². The zero-order valence-electron chi connectivity index (χ0n) is 13.3. The monoisotopic (exact) mass is 304 g/mol. The summed E-state index contributed by atoms with van der Waals surface area (Å²) in [5.41, 5.74) is 0. The van der Waals surface area contributed by atoms with E-state index >= 15 is 0 Å². The van der Waals surface area contributed by atoms with Crippen LogP contribution in [0.4, 0.5) is 0 Å². The molecule has 2 aliphatic heterocycles. The van der Waals surface area contributed by atoms with Crippen LogP contribution < -0.4 is 9.47 Å². The van der Waals surface area contributed by atoms with Crippen molar-refractivity contribution in [2.45, 2.75) is 32.5 Å². The summed E-state index contributed by atoms with van der Waals surface area (Å²) in [5.74, 6) is 1.41. The summed E-state index contributed by atoms with van der Waals surface area (Å²) in [4.78, 5) is 17.1. The maximum atomic E-state index is 12.8. The molecule has 0 bridgehead atoms. The quantitative estimate of drug-likeness (QED) is 0.835. The van der Waals surface area contributed by atoms with Gasteiger partial charge in [-0.3, -0.25) is 4.79 Å². The second kappa shape index (κ2) is 6.57. The Morgan fingerprint density at radius 3 is 2.59 bits per heavy atom. The number of rotatable bonds is 2. The molecule has 0 unspecified atom stereocenters. The molecule has 5 nitrogen and oxygen atoms in total. The average Bonchev–Trinajstić information content (AvgIpc) is 2.79. The summed E-state index contributed by atoms with van der Waals surface area (Å²) in [5, 5.41) is 0. The van der Waals surface area contributed by atoms with E-state index in [1.54, 1.807) is 0 Å². The fraction of sp³-hybridized carbons (Fsp3) is 0.588. The normalized spacial score (nSPS) is 25.6. The number of hydrogen-bond acceptors (Lipinski definition) is 4. The zero-order chi connectivity index (χ0) is 15.5. The van der Waals surface area contributed by atoms with Crippen molar-refractivity contribution in [3.8, 4) is 11.5 Å². The zero-order valence-corrected chi connectivity index (χ0v) is 13.3. The van der Waals surface area contributed by atoms with Crippen molar-refractivity contribution < 1.29 is 14.3 Å². The van der Waals surface area contributed by atoms with Gasteiger partial charge < -0.3 is 19.3 Å². The Bertz CT molecular complexity index is 534. The van der Waals surface area contributed by atoms with Crippen LogP contribution in [-0.4, -0.2) is 60.6 Å². The van der Waals surface area contributed by atoms with Crippen molar-refractivity contribution in [3.05, 3.63) is 24.3 Å². The molecule has 5 heteroatoms. The van der Waals surface area contributed by atoms with Gasteiger partial charge in [0.05, 0.1) is 0 Å². The van der Waals surface area contributed by atoms with Gasteiger partial charge in [-0.2, -0.15) is 0 Å². The predicted octanol–water partition coefficient (Wildman–Crippen LogP) is 1.77. The summed E-state index contributed by atoms with van der Waals surface area (Å²) in [6, 6.07) is 7.52. The number of hydrogen-bond donors (Lipinski definition) is 0. The summed E-state index contributed by atoms with van der Waals surface area (Å²) in [6.45, 7) is 8.64. The highest BCUT2D eigenvalue weighted by Crippen LogP contribution is 2.33. The van der Waals surface area contributed by atoms with Gasteiger partial charge in [-0.25, -0.2) is 0 Å². The van der Waals surface area contributed by atoms with E-state index in [2.05, 4.69) is 11.8 Å². The molecule has 0 aliphatic carbocycles. The number of likely N-dealkylation sites (N-methyl/N-ethyl adjacent to an activating group) is 1. The van der Waals surface area contributed by atoms with E-state index in [9.17, 15) is 4.79 Å². The molecule has 1 amide bonds. The molecule has 0 radical (unpaired) electrons. The third-order valence-corrected chi connectivity index (χ3v) is 4.43. The molecule has 1 fully saturated rings. The van der Waals surface area contributed by atoms with E-state index < -0.39 is 6.10 Å². The van der Waals surface area contributed by atoms with Crippen molar-refractivity contribution in [1.82, 2.24) is 9.80 Å². The first kappa shape index (κ1) is 15.2. The Morgan fingerprint density at radius 1 is 1.14 bits per heavy atom. The van der Waals surface area contributed by atoms with Gasteiger partial charge in [-0.05, 0) is 38.6 Å². The van der Waals surface area contributed by atoms with Crippen LogP contribution in [0.25, 0.3) is 0 Å². The standard InChI is InChI=1S/C17H24N2O3/c1-3-18-9-6-10-19(12-11-18)17(20)16-13(2)21-14-7-4-5-8-15(14)22-16/h4-5,7-8,13,16H,3,6,9-12H2,1-2H3/t13-,16+/m1/s1. The Morgan fingerprint density at radius 2 is 1.86 bits per heavy atom. The van der Waals surface area contributed by atoms with E-state index in [0.29, 0.717) is 11.5 Å². The molecular weight excluding hydrogens is 280 g/mol. The summed E-state index contributed by atoms with van der Waals surface area (Å²) >= 11 is 0. The second-order valence-electron chi connectivity index (χ2n) is 5.92. The Labute approximate surface area is 131 Å². The molecule has 0 N–H and O–H groups in total. The van der Waals surface area contributed by atoms with Gasteiger partial charge in [0.15, 0.2) is 11.5 Å². The number of para-hydroxylation sites is 2. The molecule has 22 heavy (non-hydrogen) atoms. The van der Waals surface area contributed by atoms with Crippen LogP contribution >= 0.6 is 0 Å². The van der Waals surface area contributed by atoms with Crippen LogP contribution in [0, 0.1) is 0 Å². The van der Waals surface area contributed by atoms with Gasteiger partial charge in [0, 0.05) is 19.6 Å². The van der Waals surface area contributed by atoms with Gasteiger partial charge >= 0.3 is 0 Å². The third kappa shape index (κ3) is 3.04. The molecule has 0 saturated carbocycles. The van der Waals surface area contributed by atoms with E-state index in [1.165, 1.54) is 0 Å². The smallest absolute Gasteiger partial charge is 0.267 e. The number of carbonyl (C=O) groups excluding carboxylic acids is 1. The van der Waals surface area contributed by atoms with Crippen LogP contribution in [0.1, 0.15) is 20.3 Å². The number of fused-ring (bicyclic) bond motifs is 1. The molecule has 2 aliphatic rings.